The molecule has 1 aliphatic carbocycles. The van der Waals surface area contributed by atoms with Crippen molar-refractivity contribution in [1.82, 2.24) is 68.5 Å². The van der Waals surface area contributed by atoms with E-state index in [1.54, 1.807) is 90.0 Å². The third kappa shape index (κ3) is 25.3. The van der Waals surface area contributed by atoms with Crippen molar-refractivity contribution < 1.29 is 70.8 Å². The molecule has 9 aromatic heterocycles. The summed E-state index contributed by atoms with van der Waals surface area (Å²) in [6, 6.07) is 41.0. The minimum absolute atomic E-state index is 0.0174. The molecule has 1 saturated carbocycles. The van der Waals surface area contributed by atoms with Gasteiger partial charge in [-0.2, -0.15) is 38.4 Å². The van der Waals surface area contributed by atoms with Gasteiger partial charge in [0.25, 0.3) is 69.3 Å². The average Bonchev–Trinajstić information content (AvgIpc) is 1.70. The van der Waals surface area contributed by atoms with Gasteiger partial charge in [0.2, 0.25) is 5.88 Å². The first-order chi connectivity index (χ1) is 66.2. The number of amides is 4. The summed E-state index contributed by atoms with van der Waals surface area (Å²) in [6.07, 6.45) is 8.18. The van der Waals surface area contributed by atoms with E-state index in [4.69, 9.17) is 20.4 Å². The van der Waals surface area contributed by atoms with E-state index in [2.05, 4.69) is 145 Å². The van der Waals surface area contributed by atoms with Gasteiger partial charge in [0.1, 0.15) is 40.7 Å². The molecule has 5 atom stereocenters. The van der Waals surface area contributed by atoms with Crippen molar-refractivity contribution in [2.75, 3.05) is 88.0 Å². The number of aromatic amines is 1. The number of carbonyl (C=O) groups excluding carboxylic acids is 4. The summed E-state index contributed by atoms with van der Waals surface area (Å²) in [5, 5.41) is 3.71. The lowest BCUT2D eigenvalue weighted by atomic mass is 9.80. The largest absolute Gasteiger partial charge is 0.474 e. The molecule has 141 heavy (non-hydrogen) atoms. The molecule has 0 spiro atoms. The highest BCUT2D eigenvalue weighted by Gasteiger charge is 2.47. The number of hydrogen-bond acceptors (Lipinski definition) is 29. The summed E-state index contributed by atoms with van der Waals surface area (Å²) in [4.78, 5) is 110. The highest BCUT2D eigenvalue weighted by atomic mass is 32.2. The molecule has 42 heteroatoms. The second kappa shape index (κ2) is 42.6. The van der Waals surface area contributed by atoms with Crippen LogP contribution in [0.3, 0.4) is 0 Å². The number of hydrogen-bond donors (Lipinski definition) is 6. The summed E-state index contributed by atoms with van der Waals surface area (Å²) >= 11 is 0. The Morgan fingerprint density at radius 1 is 0.496 bits per heavy atom. The van der Waals surface area contributed by atoms with Crippen LogP contribution >= 0.6 is 0 Å². The fourth-order valence-corrected chi connectivity index (χ4v) is 23.8. The van der Waals surface area contributed by atoms with Gasteiger partial charge in [-0.15, -0.1) is 5.10 Å². The van der Waals surface area contributed by atoms with Crippen molar-refractivity contribution in [1.29, 1.82) is 0 Å². The van der Waals surface area contributed by atoms with E-state index in [0.29, 0.717) is 102 Å². The molecule has 0 radical (unpaired) electrons. The second-order valence-corrected chi connectivity index (χ2v) is 46.7. The number of H-pyrrole nitrogens is 1. The van der Waals surface area contributed by atoms with Gasteiger partial charge >= 0.3 is 6.18 Å². The molecule has 0 bridgehead atoms. The number of ether oxygens (including phenoxy) is 1. The Labute approximate surface area is 822 Å². The van der Waals surface area contributed by atoms with Crippen molar-refractivity contribution >= 4 is 104 Å². The van der Waals surface area contributed by atoms with Crippen LogP contribution < -0.4 is 64.3 Å². The zero-order chi connectivity index (χ0) is 102. The summed E-state index contributed by atoms with van der Waals surface area (Å²) in [5.41, 5.74) is 6.17. The number of anilines is 7. The van der Waals surface area contributed by atoms with Crippen LogP contribution in [0.15, 0.2) is 201 Å². The third-order valence-electron chi connectivity index (χ3n) is 26.1. The molecule has 5 aliphatic heterocycles. The van der Waals surface area contributed by atoms with Gasteiger partial charge in [0.05, 0.1) is 34.3 Å². The lowest BCUT2D eigenvalue weighted by Crippen LogP contribution is -2.41. The van der Waals surface area contributed by atoms with Crippen molar-refractivity contribution in [2.24, 2.45) is 29.6 Å². The fourth-order valence-electron chi connectivity index (χ4n) is 19.9. The van der Waals surface area contributed by atoms with Crippen LogP contribution in [0.1, 0.15) is 233 Å². The Kier molecular flexibility index (Phi) is 31.9. The Hall–Kier alpha value is -12.7. The van der Waals surface area contributed by atoms with E-state index in [-0.39, 0.29) is 96.1 Å². The zero-order valence-electron chi connectivity index (χ0n) is 82.2. The fraction of sp³-hybridized carbons (Fsp3) is 0.465. The molecule has 1 aromatic carbocycles. The summed E-state index contributed by atoms with van der Waals surface area (Å²) in [6.45, 7) is 36.0. The molecule has 6 aliphatic rings. The Morgan fingerprint density at radius 3 is 1.43 bits per heavy atom. The number of nitrogens with two attached hydrogens (primary N) is 1. The number of nitrogen functional groups attached to an aromatic ring is 1. The van der Waals surface area contributed by atoms with Crippen molar-refractivity contribution in [3.8, 4) is 11.7 Å². The van der Waals surface area contributed by atoms with Crippen LogP contribution in [0.4, 0.5) is 53.9 Å². The predicted molar refractivity (Wildman–Crippen MR) is 534 cm³/mol. The Morgan fingerprint density at radius 2 is 0.957 bits per heavy atom. The highest BCUT2D eigenvalue weighted by molar-refractivity contribution is 7.91. The van der Waals surface area contributed by atoms with E-state index >= 15 is 0 Å². The maximum absolute atomic E-state index is 13.3. The number of aromatic nitrogens is 10. The summed E-state index contributed by atoms with van der Waals surface area (Å²) in [7, 11) is -15.2. The maximum Gasteiger partial charge on any atom is 0.391 e. The first-order valence-corrected chi connectivity index (χ1v) is 53.1. The van der Waals surface area contributed by atoms with Gasteiger partial charge in [0, 0.05) is 123 Å². The molecule has 14 heterocycles. The van der Waals surface area contributed by atoms with Gasteiger partial charge in [0.15, 0.2) is 25.8 Å². The molecule has 7 N–H and O–H groups in total. The number of carbonyl (C=O) groups is 4. The molecule has 5 saturated heterocycles. The van der Waals surface area contributed by atoms with Crippen LogP contribution in [0, 0.1) is 29.6 Å². The van der Waals surface area contributed by atoms with Crippen LogP contribution in [0.5, 0.6) is 5.88 Å². The summed E-state index contributed by atoms with van der Waals surface area (Å²) in [5.74, 6) is 0.932. The Bertz CT molecular complexity index is 6770. The van der Waals surface area contributed by atoms with E-state index in [0.717, 1.165) is 77.3 Å². The second-order valence-electron chi connectivity index (χ2n) is 40.1. The van der Waals surface area contributed by atoms with Crippen LogP contribution in [-0.2, 0) is 40.1 Å². The van der Waals surface area contributed by atoms with E-state index in [1.165, 1.54) is 54.2 Å². The van der Waals surface area contributed by atoms with Crippen molar-refractivity contribution in [3.63, 3.8) is 0 Å². The van der Waals surface area contributed by atoms with Crippen LogP contribution in [-0.4, -0.2) is 194 Å². The molecule has 756 valence electrons. The van der Waals surface area contributed by atoms with Gasteiger partial charge in [-0.1, -0.05) is 83.1 Å². The zero-order valence-corrected chi connectivity index (χ0v) is 85.4. The minimum atomic E-state index is -4.46. The molecule has 16 rings (SSSR count). The van der Waals surface area contributed by atoms with Crippen LogP contribution in [0.25, 0.3) is 5.82 Å². The Balaban J connectivity index is 0.000000158. The van der Waals surface area contributed by atoms with E-state index in [1.807, 2.05) is 85.4 Å². The third-order valence-corrected chi connectivity index (χ3v) is 31.1. The van der Waals surface area contributed by atoms with Gasteiger partial charge in [-0.25, -0.2) is 66.9 Å². The number of alkyl halides is 3. The van der Waals surface area contributed by atoms with Gasteiger partial charge in [-0.05, 0) is 260 Å². The van der Waals surface area contributed by atoms with Crippen molar-refractivity contribution in [3.05, 3.63) is 220 Å². The maximum atomic E-state index is 13.3. The number of nitrogens with one attached hydrogen (secondary N) is 5. The number of rotatable bonds is 25. The molecule has 10 aromatic rings. The lowest BCUT2D eigenvalue weighted by molar-refractivity contribution is -0.182. The SMILES string of the molecule is CC(C)Oc1ccn(-c2ccc(C(=O)NS(=O)(=O)c3cccc(N)n3)c(N3C[C@@H](C)CC3(C)C)n2)n1.CC1CN(c2ncccc2C(=O)NS(=O)(=O)c2cccc(N3CCC(c4ccccc4)C3)n2)C(C)(C)C1.CCCN(C)c1cccc(S(=O)(=O)NC(=O)c2cccnc2N2CC(C)CC2(C)C)n1.C[C@@H]1CN(c2nc(C3CCC(C(F)(F)F)CC3)ccc2C(=O)NS(=O)(=O)c2ccc[nH]c2=O)C(C)(C)C1. The van der Waals surface area contributed by atoms with E-state index < -0.39 is 86.3 Å². The monoisotopic (exact) mass is 2020 g/mol. The van der Waals surface area contributed by atoms with E-state index in [9.17, 15) is 70.8 Å². The molecule has 3 unspecified atom stereocenters. The predicted octanol–water partition coefficient (Wildman–Crippen LogP) is 14.4. The number of sulfonamides is 4. The molecule has 6 fully saturated rings. The average molecular weight is 2020 g/mol. The molecular formula is C99H126F3N21O14S4. The van der Waals surface area contributed by atoms with Gasteiger partial charge < -0.3 is 44.9 Å². The quantitative estimate of drug-likeness (QED) is 0.0309. The minimum Gasteiger partial charge on any atom is -0.474 e. The first kappa shape index (κ1) is 106. The number of benzene rings is 1. The number of halogens is 3. The molecule has 4 amide bonds. The number of nitrogens with zero attached hydrogens (tertiary/aromatic N) is 15. The van der Waals surface area contributed by atoms with Gasteiger partial charge in [-0.3, -0.25) is 24.0 Å². The number of pyridine rings is 8. The van der Waals surface area contributed by atoms with Crippen molar-refractivity contribution in [2.45, 2.75) is 234 Å². The smallest absolute Gasteiger partial charge is 0.391 e. The standard InChI is InChI=1S/C28H33N5O3S.C25H31F3N4O4S.C24H31N7O4S.C22H31N5O3S/c1-20-17-28(2,3)33(18-20)26-23(11-8-15-29-26)27(34)31-37(35,36)25-13-7-12-24(30-25)32-16-14-22(19-32)21-9-5-4-6-10-21;1-15-13-24(2,3)32(14-15)21-18(22(33)31-37(35,36)20-5-4-12-29-23(20)34)10-11-19(30-21)16-6-8-17(9-7-16)25(26,27)28;1-15(2)35-20-11-12-31(28-20)19-10-9-17(22(27-19)30-14-16(3)13-24(30,4)5)23(32)29-36(33,34)21-8-6-7-18(25)26-21;1-6-13-26(5)18-10-7-11-19(24-18)31(29,30)25-21(28)17-9-8-12-23-20(17)27-15-16(2)14-22(27,3)4/h4-13,15,20,22H,14,16-19H2,1-3H3,(H,31,34);4-5,10-12,15-17H,6-9,13-14H2,1-3H3,(H,29,34)(H,31,33);6-12,15-16H,13-14H2,1-5H3,(H2,25,26)(H,29,32);7-12,16H,6,13-15H2,1-5H3,(H,25,28)/t;15-,16?,17?;16-;/m.00./s1. The highest BCUT2D eigenvalue weighted by Crippen LogP contribution is 2.46. The molecule has 35 nitrogen and oxygen atoms in total. The van der Waals surface area contributed by atoms with Crippen LogP contribution in [0.2, 0.25) is 0 Å². The topological polar surface area (TPSA) is 449 Å². The normalized spacial score (nSPS) is 20.3. The lowest BCUT2D eigenvalue weighted by Gasteiger charge is -2.35. The molecular weight excluding hydrogens is 1890 g/mol. The first-order valence-electron chi connectivity index (χ1n) is 47.2. The summed E-state index contributed by atoms with van der Waals surface area (Å²) < 4.78 is 159.